The Labute approximate surface area is 167 Å². The van der Waals surface area contributed by atoms with E-state index in [4.69, 9.17) is 4.74 Å². The Morgan fingerprint density at radius 3 is 2.43 bits per heavy atom. The highest BCUT2D eigenvalue weighted by molar-refractivity contribution is 6.10. The maximum Gasteiger partial charge on any atom is 0.290 e. The highest BCUT2D eigenvalue weighted by Crippen LogP contribution is 2.45. The normalized spacial score (nSPS) is 21.1. The molecule has 0 spiro atoms. The summed E-state index contributed by atoms with van der Waals surface area (Å²) < 4.78 is 5.82. The van der Waals surface area contributed by atoms with Gasteiger partial charge in [-0.3, -0.25) is 9.59 Å². The van der Waals surface area contributed by atoms with Crippen LogP contribution in [0.2, 0.25) is 0 Å². The zero-order valence-electron chi connectivity index (χ0n) is 17.5. The van der Waals surface area contributed by atoms with Crippen LogP contribution in [0.5, 0.6) is 5.75 Å². The number of amides is 1. The number of nitrogens with zero attached hydrogens (tertiary/aromatic N) is 1. The molecule has 1 N–H and O–H groups in total. The number of benzene rings is 1. The summed E-state index contributed by atoms with van der Waals surface area (Å²) in [5, 5.41) is 10.7. The number of carbonyl (C=O) groups excluding carboxylic acids is 2. The molecule has 1 aromatic rings. The van der Waals surface area contributed by atoms with Gasteiger partial charge in [0.25, 0.3) is 5.91 Å². The van der Waals surface area contributed by atoms with Crippen molar-refractivity contribution in [1.29, 1.82) is 0 Å². The van der Waals surface area contributed by atoms with Gasteiger partial charge in [-0.05, 0) is 44.4 Å². The van der Waals surface area contributed by atoms with Crippen molar-refractivity contribution in [2.24, 2.45) is 5.41 Å². The molecule has 1 heterocycles. The number of hydrogen-bond acceptors (Lipinski definition) is 4. The van der Waals surface area contributed by atoms with Crippen molar-refractivity contribution in [2.45, 2.75) is 78.5 Å². The van der Waals surface area contributed by atoms with E-state index in [1.165, 1.54) is 0 Å². The molecule has 1 aliphatic carbocycles. The van der Waals surface area contributed by atoms with Gasteiger partial charge in [-0.15, -0.1) is 0 Å². The number of ketones is 1. The van der Waals surface area contributed by atoms with Crippen LogP contribution in [0.3, 0.4) is 0 Å². The quantitative estimate of drug-likeness (QED) is 0.796. The molecule has 0 saturated heterocycles. The Bertz CT molecular complexity index is 797. The molecule has 5 heteroatoms. The maximum absolute atomic E-state index is 13.2. The van der Waals surface area contributed by atoms with Gasteiger partial charge in [0.05, 0.1) is 17.7 Å². The second-order valence-electron chi connectivity index (χ2n) is 9.13. The van der Waals surface area contributed by atoms with Crippen molar-refractivity contribution < 1.29 is 19.4 Å². The van der Waals surface area contributed by atoms with Crippen LogP contribution in [0.1, 0.15) is 71.9 Å². The molecule has 0 aromatic heterocycles. The third-order valence-corrected chi connectivity index (χ3v) is 5.43. The van der Waals surface area contributed by atoms with Crippen LogP contribution in [-0.4, -0.2) is 33.8 Å². The smallest absolute Gasteiger partial charge is 0.290 e. The molecule has 1 aromatic carbocycles. The Hall–Kier alpha value is -2.30. The van der Waals surface area contributed by atoms with Gasteiger partial charge >= 0.3 is 0 Å². The summed E-state index contributed by atoms with van der Waals surface area (Å²) in [6.07, 6.45) is 3.93. The van der Waals surface area contributed by atoms with E-state index in [1.54, 1.807) is 4.90 Å². The minimum atomic E-state index is -0.695. The molecule has 0 radical (unpaired) electrons. The average molecular weight is 386 g/mol. The molecule has 28 heavy (non-hydrogen) atoms. The van der Waals surface area contributed by atoms with Crippen molar-refractivity contribution in [2.75, 3.05) is 0 Å². The van der Waals surface area contributed by atoms with Crippen LogP contribution in [0.25, 0.3) is 0 Å². The van der Waals surface area contributed by atoms with Crippen molar-refractivity contribution in [1.82, 2.24) is 4.90 Å². The number of carbonyl (C=O) groups is 2. The molecular formula is C23H31NO4. The Morgan fingerprint density at radius 1 is 1.21 bits per heavy atom. The lowest BCUT2D eigenvalue weighted by atomic mass is 9.82. The number of rotatable bonds is 5. The molecule has 2 aliphatic rings. The summed E-state index contributed by atoms with van der Waals surface area (Å²) in [7, 11) is 0. The Kier molecular flexibility index (Phi) is 5.55. The highest BCUT2D eigenvalue weighted by atomic mass is 16.5. The van der Waals surface area contributed by atoms with Crippen molar-refractivity contribution >= 4 is 11.7 Å². The molecule has 1 unspecified atom stereocenters. The number of hydrogen-bond donors (Lipinski definition) is 1. The SMILES string of the molecule is CC(C)Oc1cccc(C2C(C(=O)C(C)(C)C)=C(O)C(=O)N2C2CCCC2)c1. The second kappa shape index (κ2) is 7.61. The first-order valence-electron chi connectivity index (χ1n) is 10.2. The lowest BCUT2D eigenvalue weighted by molar-refractivity contribution is -0.131. The van der Waals surface area contributed by atoms with Gasteiger partial charge in [-0.2, -0.15) is 0 Å². The van der Waals surface area contributed by atoms with E-state index in [-0.39, 0.29) is 23.5 Å². The molecule has 1 amide bonds. The largest absolute Gasteiger partial charge is 0.503 e. The van der Waals surface area contributed by atoms with E-state index in [0.29, 0.717) is 5.75 Å². The lowest BCUT2D eigenvalue weighted by Gasteiger charge is -2.33. The van der Waals surface area contributed by atoms with E-state index in [1.807, 2.05) is 58.9 Å². The highest BCUT2D eigenvalue weighted by Gasteiger charge is 2.48. The predicted octanol–water partition coefficient (Wildman–Crippen LogP) is 4.73. The summed E-state index contributed by atoms with van der Waals surface area (Å²) in [4.78, 5) is 27.9. The first-order valence-corrected chi connectivity index (χ1v) is 10.2. The third-order valence-electron chi connectivity index (χ3n) is 5.43. The number of aliphatic hydroxyl groups is 1. The maximum atomic E-state index is 13.2. The van der Waals surface area contributed by atoms with E-state index in [0.717, 1.165) is 31.2 Å². The summed E-state index contributed by atoms with van der Waals surface area (Å²) in [5.74, 6) is -0.328. The van der Waals surface area contributed by atoms with Crippen LogP contribution < -0.4 is 4.74 Å². The second-order valence-corrected chi connectivity index (χ2v) is 9.13. The Balaban J connectivity index is 2.10. The molecule has 1 saturated carbocycles. The standard InChI is InChI=1S/C23H31NO4/c1-14(2)28-17-12-8-9-15(13-17)19-18(21(26)23(3,4)5)20(25)22(27)24(19)16-10-6-7-11-16/h8-9,12-14,16,19,25H,6-7,10-11H2,1-5H3. The van der Waals surface area contributed by atoms with Gasteiger partial charge in [-0.25, -0.2) is 0 Å². The van der Waals surface area contributed by atoms with Gasteiger partial charge in [0.2, 0.25) is 0 Å². The summed E-state index contributed by atoms with van der Waals surface area (Å²) in [6.45, 7) is 9.35. The first-order chi connectivity index (χ1) is 13.1. The van der Waals surface area contributed by atoms with Crippen molar-refractivity contribution in [3.63, 3.8) is 0 Å². The van der Waals surface area contributed by atoms with Gasteiger partial charge in [0.1, 0.15) is 5.75 Å². The molecule has 1 fully saturated rings. The summed E-state index contributed by atoms with van der Waals surface area (Å²) in [6, 6.07) is 7.00. The number of ether oxygens (including phenoxy) is 1. The van der Waals surface area contributed by atoms with E-state index < -0.39 is 23.1 Å². The molecule has 0 bridgehead atoms. The van der Waals surface area contributed by atoms with E-state index >= 15 is 0 Å². The fourth-order valence-electron chi connectivity index (χ4n) is 4.18. The zero-order valence-corrected chi connectivity index (χ0v) is 17.5. The van der Waals surface area contributed by atoms with Crippen LogP contribution in [-0.2, 0) is 9.59 Å². The van der Waals surface area contributed by atoms with Crippen LogP contribution in [0.15, 0.2) is 35.6 Å². The molecule has 1 aliphatic heterocycles. The summed E-state index contributed by atoms with van der Waals surface area (Å²) >= 11 is 0. The summed E-state index contributed by atoms with van der Waals surface area (Å²) in [5.41, 5.74) is 0.320. The molecule has 1 atom stereocenters. The fraction of sp³-hybridized carbons (Fsp3) is 0.565. The predicted molar refractivity (Wildman–Crippen MR) is 108 cm³/mol. The fourth-order valence-corrected chi connectivity index (χ4v) is 4.18. The minimum absolute atomic E-state index is 0.0195. The van der Waals surface area contributed by atoms with Gasteiger partial charge in [0, 0.05) is 11.5 Å². The van der Waals surface area contributed by atoms with Gasteiger partial charge < -0.3 is 14.7 Å². The van der Waals surface area contributed by atoms with Gasteiger partial charge in [-0.1, -0.05) is 45.7 Å². The van der Waals surface area contributed by atoms with Crippen molar-refractivity contribution in [3.8, 4) is 5.75 Å². The molecule has 3 rings (SSSR count). The first kappa shape index (κ1) is 20.4. The zero-order chi connectivity index (χ0) is 20.6. The number of aliphatic hydroxyl groups excluding tert-OH is 1. The third kappa shape index (κ3) is 3.80. The van der Waals surface area contributed by atoms with Crippen LogP contribution in [0, 0.1) is 5.41 Å². The van der Waals surface area contributed by atoms with Gasteiger partial charge in [0.15, 0.2) is 11.5 Å². The molecule has 5 nitrogen and oxygen atoms in total. The lowest BCUT2D eigenvalue weighted by Crippen LogP contribution is -2.39. The minimum Gasteiger partial charge on any atom is -0.503 e. The monoisotopic (exact) mass is 385 g/mol. The van der Waals surface area contributed by atoms with E-state index in [9.17, 15) is 14.7 Å². The molecular weight excluding hydrogens is 354 g/mol. The topological polar surface area (TPSA) is 66.8 Å². The van der Waals surface area contributed by atoms with E-state index in [2.05, 4.69) is 0 Å². The van der Waals surface area contributed by atoms with Crippen molar-refractivity contribution in [3.05, 3.63) is 41.2 Å². The Morgan fingerprint density at radius 2 is 1.86 bits per heavy atom. The number of Topliss-reactive ketones (excluding diaryl/α,β-unsaturated/α-hetero) is 1. The van der Waals surface area contributed by atoms with Crippen LogP contribution in [0.4, 0.5) is 0 Å². The molecule has 152 valence electrons. The average Bonchev–Trinajstić information content (AvgIpc) is 3.20. The van der Waals surface area contributed by atoms with Crippen LogP contribution >= 0.6 is 0 Å².